The fourth-order valence-electron chi connectivity index (χ4n) is 4.81. The van der Waals surface area contributed by atoms with E-state index in [9.17, 15) is 4.79 Å². The largest absolute Gasteiger partial charge is 0.381 e. The summed E-state index contributed by atoms with van der Waals surface area (Å²) in [5.41, 5.74) is 0.375. The fraction of sp³-hybridized carbons (Fsp3) is 0.938. The highest BCUT2D eigenvalue weighted by Gasteiger charge is 2.59. The lowest BCUT2D eigenvalue weighted by Gasteiger charge is -2.44. The van der Waals surface area contributed by atoms with Gasteiger partial charge in [-0.25, -0.2) is 0 Å². The second-order valence-electron chi connectivity index (χ2n) is 7.23. The Kier molecular flexibility index (Phi) is 3.26. The number of carbonyl (C=O) groups excluding carboxylic acids is 1. The van der Waals surface area contributed by atoms with Crippen molar-refractivity contribution in [2.75, 3.05) is 32.8 Å². The van der Waals surface area contributed by atoms with Gasteiger partial charge in [-0.3, -0.25) is 4.79 Å². The lowest BCUT2D eigenvalue weighted by atomic mass is 9.85. The van der Waals surface area contributed by atoms with Crippen LogP contribution in [-0.2, 0) is 9.53 Å². The molecule has 0 radical (unpaired) electrons. The van der Waals surface area contributed by atoms with Crippen LogP contribution in [0.25, 0.3) is 0 Å². The van der Waals surface area contributed by atoms with Gasteiger partial charge < -0.3 is 15.0 Å². The summed E-state index contributed by atoms with van der Waals surface area (Å²) in [6.07, 6.45) is 7.02. The van der Waals surface area contributed by atoms with E-state index in [0.29, 0.717) is 29.2 Å². The van der Waals surface area contributed by atoms with Crippen LogP contribution in [0.5, 0.6) is 0 Å². The first-order chi connectivity index (χ1) is 9.80. The molecule has 4 aliphatic rings. The third kappa shape index (κ3) is 2.08. The average molecular weight is 278 g/mol. The van der Waals surface area contributed by atoms with Crippen LogP contribution in [0.15, 0.2) is 0 Å². The highest BCUT2D eigenvalue weighted by Crippen LogP contribution is 2.59. The zero-order valence-electron chi connectivity index (χ0n) is 12.3. The number of fused-ring (bicyclic) bond motifs is 1. The molecule has 3 aliphatic heterocycles. The maximum atomic E-state index is 13.0. The summed E-state index contributed by atoms with van der Waals surface area (Å²) in [4.78, 5) is 15.2. The van der Waals surface area contributed by atoms with Gasteiger partial charge in [0.1, 0.15) is 0 Å². The highest BCUT2D eigenvalue weighted by atomic mass is 16.5. The minimum Gasteiger partial charge on any atom is -0.381 e. The van der Waals surface area contributed by atoms with Crippen LogP contribution < -0.4 is 5.32 Å². The molecule has 4 fully saturated rings. The smallest absolute Gasteiger partial charge is 0.226 e. The van der Waals surface area contributed by atoms with Gasteiger partial charge in [0.2, 0.25) is 5.91 Å². The molecule has 3 atom stereocenters. The Hall–Kier alpha value is -0.610. The third-order valence-corrected chi connectivity index (χ3v) is 6.18. The highest BCUT2D eigenvalue weighted by molar-refractivity contribution is 5.83. The van der Waals surface area contributed by atoms with E-state index in [1.807, 2.05) is 0 Å². The van der Waals surface area contributed by atoms with Gasteiger partial charge in [-0.05, 0) is 57.0 Å². The zero-order valence-corrected chi connectivity index (χ0v) is 12.3. The van der Waals surface area contributed by atoms with Crippen LogP contribution in [0.2, 0.25) is 0 Å². The van der Waals surface area contributed by atoms with Crippen LogP contribution >= 0.6 is 0 Å². The molecule has 1 saturated carbocycles. The van der Waals surface area contributed by atoms with Gasteiger partial charge in [0.05, 0.1) is 6.61 Å². The number of ether oxygens (including phenoxy) is 1. The van der Waals surface area contributed by atoms with Crippen molar-refractivity contribution in [3.05, 3.63) is 0 Å². The van der Waals surface area contributed by atoms with Gasteiger partial charge in [-0.2, -0.15) is 0 Å². The summed E-state index contributed by atoms with van der Waals surface area (Å²) >= 11 is 0. The second-order valence-corrected chi connectivity index (χ2v) is 7.23. The number of hydrogen-bond donors (Lipinski definition) is 1. The molecule has 3 unspecified atom stereocenters. The molecule has 112 valence electrons. The monoisotopic (exact) mass is 278 g/mol. The van der Waals surface area contributed by atoms with Gasteiger partial charge in [-0.1, -0.05) is 0 Å². The molecule has 0 aromatic rings. The minimum absolute atomic E-state index is 0.339. The van der Waals surface area contributed by atoms with Crippen molar-refractivity contribution in [2.24, 2.45) is 17.3 Å². The maximum Gasteiger partial charge on any atom is 0.226 e. The van der Waals surface area contributed by atoms with E-state index in [2.05, 4.69) is 10.2 Å². The van der Waals surface area contributed by atoms with Crippen molar-refractivity contribution < 1.29 is 9.53 Å². The molecule has 0 bridgehead atoms. The third-order valence-electron chi connectivity index (χ3n) is 6.18. The number of carbonyl (C=O) groups is 1. The summed E-state index contributed by atoms with van der Waals surface area (Å²) in [6, 6.07) is 0.476. The van der Waals surface area contributed by atoms with Crippen molar-refractivity contribution in [3.63, 3.8) is 0 Å². The quantitative estimate of drug-likeness (QED) is 0.788. The van der Waals surface area contributed by atoms with Gasteiger partial charge in [0, 0.05) is 31.0 Å². The van der Waals surface area contributed by atoms with Crippen molar-refractivity contribution in [3.8, 4) is 0 Å². The molecule has 3 saturated heterocycles. The fourth-order valence-corrected chi connectivity index (χ4v) is 4.81. The van der Waals surface area contributed by atoms with Crippen molar-refractivity contribution in [1.82, 2.24) is 10.2 Å². The number of piperidine rings is 2. The lowest BCUT2D eigenvalue weighted by molar-refractivity contribution is -0.143. The van der Waals surface area contributed by atoms with E-state index in [1.165, 1.54) is 19.3 Å². The molecule has 4 nitrogen and oxygen atoms in total. The number of amides is 1. The minimum atomic E-state index is 0.339. The van der Waals surface area contributed by atoms with E-state index in [4.69, 9.17) is 4.74 Å². The Morgan fingerprint density at radius 2 is 2.10 bits per heavy atom. The average Bonchev–Trinajstić information content (AvgIpc) is 3.20. The van der Waals surface area contributed by atoms with Crippen molar-refractivity contribution >= 4 is 5.91 Å². The van der Waals surface area contributed by atoms with Crippen LogP contribution in [0.1, 0.15) is 38.5 Å². The maximum absolute atomic E-state index is 13.0. The first-order valence-corrected chi connectivity index (χ1v) is 8.39. The number of nitrogens with one attached hydrogen (secondary N) is 1. The Labute approximate surface area is 121 Å². The molecule has 20 heavy (non-hydrogen) atoms. The van der Waals surface area contributed by atoms with E-state index < -0.39 is 0 Å². The Bertz CT molecular complexity index is 390. The number of likely N-dealkylation sites (tertiary alicyclic amines) is 1. The molecule has 4 rings (SSSR count). The molecule has 3 heterocycles. The van der Waals surface area contributed by atoms with E-state index >= 15 is 0 Å². The molecule has 1 spiro atoms. The first-order valence-electron chi connectivity index (χ1n) is 8.39. The van der Waals surface area contributed by atoms with Gasteiger partial charge in [0.25, 0.3) is 0 Å². The predicted molar refractivity (Wildman–Crippen MR) is 76.3 cm³/mol. The van der Waals surface area contributed by atoms with Crippen molar-refractivity contribution in [2.45, 2.75) is 44.6 Å². The zero-order chi connectivity index (χ0) is 13.6. The lowest BCUT2D eigenvalue weighted by Crippen LogP contribution is -2.53. The molecular weight excluding hydrogens is 252 g/mol. The molecule has 1 aliphatic carbocycles. The SMILES string of the molecule is O=C(C1CC12CCNCC2)N1CCCC2COCCC21. The summed E-state index contributed by atoms with van der Waals surface area (Å²) in [6.45, 7) is 4.90. The molecule has 0 aromatic carbocycles. The number of rotatable bonds is 1. The molecule has 1 N–H and O–H groups in total. The summed E-state index contributed by atoms with van der Waals surface area (Å²) < 4.78 is 5.61. The van der Waals surface area contributed by atoms with Crippen LogP contribution in [-0.4, -0.2) is 49.7 Å². The Morgan fingerprint density at radius 3 is 2.95 bits per heavy atom. The van der Waals surface area contributed by atoms with Gasteiger partial charge in [-0.15, -0.1) is 0 Å². The standard InChI is InChI=1S/C16H26N2O2/c19-15(13-10-16(13)4-6-17-7-5-16)18-8-1-2-12-11-20-9-3-14(12)18/h12-14,17H,1-11H2. The van der Waals surface area contributed by atoms with Crippen LogP contribution in [0, 0.1) is 17.3 Å². The van der Waals surface area contributed by atoms with Crippen LogP contribution in [0.4, 0.5) is 0 Å². The Balaban J connectivity index is 1.45. The summed E-state index contributed by atoms with van der Waals surface area (Å²) in [5, 5.41) is 3.42. The van der Waals surface area contributed by atoms with Crippen LogP contribution in [0.3, 0.4) is 0 Å². The summed E-state index contributed by atoms with van der Waals surface area (Å²) in [5.74, 6) is 1.42. The number of hydrogen-bond acceptors (Lipinski definition) is 3. The van der Waals surface area contributed by atoms with E-state index in [0.717, 1.165) is 52.1 Å². The van der Waals surface area contributed by atoms with E-state index in [1.54, 1.807) is 0 Å². The first kappa shape index (κ1) is 13.1. The predicted octanol–water partition coefficient (Wildman–Crippen LogP) is 1.40. The van der Waals surface area contributed by atoms with Crippen molar-refractivity contribution in [1.29, 1.82) is 0 Å². The molecular formula is C16H26N2O2. The Morgan fingerprint density at radius 1 is 1.25 bits per heavy atom. The number of nitrogens with zero attached hydrogens (tertiary/aromatic N) is 1. The molecule has 0 aromatic heterocycles. The van der Waals surface area contributed by atoms with Gasteiger partial charge >= 0.3 is 0 Å². The van der Waals surface area contributed by atoms with Gasteiger partial charge in [0.15, 0.2) is 0 Å². The second kappa shape index (κ2) is 4.99. The topological polar surface area (TPSA) is 41.6 Å². The normalized spacial score (nSPS) is 39.4. The molecule has 4 heteroatoms. The summed E-state index contributed by atoms with van der Waals surface area (Å²) in [7, 11) is 0. The molecule has 1 amide bonds. The van der Waals surface area contributed by atoms with E-state index in [-0.39, 0.29) is 0 Å².